The van der Waals surface area contributed by atoms with Gasteiger partial charge in [0.05, 0.1) is 5.41 Å². The zero-order valence-electron chi connectivity index (χ0n) is 15.1. The Morgan fingerprint density at radius 3 is 2.58 bits per heavy atom. The Morgan fingerprint density at radius 2 is 2.00 bits per heavy atom. The molecule has 0 bridgehead atoms. The number of nitrogens with zero attached hydrogens (tertiary/aromatic N) is 1. The largest absolute Gasteiger partial charge is 0.481 e. The van der Waals surface area contributed by atoms with Gasteiger partial charge in [0, 0.05) is 30.4 Å². The van der Waals surface area contributed by atoms with E-state index in [-0.39, 0.29) is 30.4 Å². The van der Waals surface area contributed by atoms with Gasteiger partial charge >= 0.3 is 12.0 Å². The van der Waals surface area contributed by atoms with Crippen LogP contribution in [0.2, 0.25) is 0 Å². The summed E-state index contributed by atoms with van der Waals surface area (Å²) < 4.78 is 0. The molecule has 1 aliphatic heterocycles. The quantitative estimate of drug-likeness (QED) is 0.752. The van der Waals surface area contributed by atoms with Gasteiger partial charge in [-0.2, -0.15) is 0 Å². The van der Waals surface area contributed by atoms with E-state index in [1.54, 1.807) is 29.2 Å². The zero-order chi connectivity index (χ0) is 18.9. The number of carboxylic acid groups (broad SMARTS) is 1. The molecule has 1 aromatic carbocycles. The van der Waals surface area contributed by atoms with Crippen molar-refractivity contribution in [3.63, 3.8) is 0 Å². The van der Waals surface area contributed by atoms with Gasteiger partial charge in [-0.25, -0.2) is 4.79 Å². The van der Waals surface area contributed by atoms with Crippen LogP contribution in [0.15, 0.2) is 24.3 Å². The molecule has 2 aliphatic rings. The van der Waals surface area contributed by atoms with Crippen LogP contribution in [-0.2, 0) is 4.79 Å². The van der Waals surface area contributed by atoms with Gasteiger partial charge in [-0.15, -0.1) is 0 Å². The lowest BCUT2D eigenvalue weighted by Gasteiger charge is -2.28. The molecule has 26 heavy (non-hydrogen) atoms. The Bertz CT molecular complexity index is 729. The van der Waals surface area contributed by atoms with Gasteiger partial charge in [-0.3, -0.25) is 9.59 Å². The summed E-state index contributed by atoms with van der Waals surface area (Å²) in [6.45, 7) is 4.39. The average molecular weight is 359 g/mol. The van der Waals surface area contributed by atoms with Crippen LogP contribution < -0.4 is 10.6 Å². The Morgan fingerprint density at radius 1 is 1.27 bits per heavy atom. The Kier molecular flexibility index (Phi) is 4.89. The van der Waals surface area contributed by atoms with Crippen molar-refractivity contribution >= 4 is 23.6 Å². The highest BCUT2D eigenvalue weighted by molar-refractivity contribution is 5.97. The molecule has 1 aromatic rings. The maximum atomic E-state index is 12.8. The van der Waals surface area contributed by atoms with Crippen LogP contribution in [0, 0.1) is 11.3 Å². The minimum Gasteiger partial charge on any atom is -0.481 e. The lowest BCUT2D eigenvalue weighted by atomic mass is 9.76. The molecule has 0 radical (unpaired) electrons. The highest BCUT2D eigenvalue weighted by atomic mass is 16.4. The number of carbonyl (C=O) groups is 3. The van der Waals surface area contributed by atoms with Crippen molar-refractivity contribution in [1.82, 2.24) is 10.2 Å². The number of urea groups is 1. The summed E-state index contributed by atoms with van der Waals surface area (Å²) >= 11 is 0. The second kappa shape index (κ2) is 6.97. The van der Waals surface area contributed by atoms with Gasteiger partial charge in [0.1, 0.15) is 0 Å². The summed E-state index contributed by atoms with van der Waals surface area (Å²) in [5.74, 6) is -1.12. The second-order valence-electron chi connectivity index (χ2n) is 7.55. The number of likely N-dealkylation sites (tertiary alicyclic amines) is 1. The maximum Gasteiger partial charge on any atom is 0.319 e. The zero-order valence-corrected chi connectivity index (χ0v) is 15.1. The summed E-state index contributed by atoms with van der Waals surface area (Å²) in [7, 11) is 0. The Balaban J connectivity index is 1.69. The van der Waals surface area contributed by atoms with Crippen LogP contribution in [0.25, 0.3) is 0 Å². The molecule has 1 heterocycles. The molecule has 1 aliphatic carbocycles. The van der Waals surface area contributed by atoms with E-state index in [0.717, 1.165) is 12.8 Å². The molecule has 1 unspecified atom stereocenters. The van der Waals surface area contributed by atoms with E-state index in [0.29, 0.717) is 24.2 Å². The number of benzene rings is 1. The predicted molar refractivity (Wildman–Crippen MR) is 97.0 cm³/mol. The van der Waals surface area contributed by atoms with E-state index in [9.17, 15) is 19.5 Å². The molecule has 2 fully saturated rings. The molecule has 1 saturated heterocycles. The Labute approximate surface area is 152 Å². The fraction of sp³-hybridized carbons (Fsp3) is 0.526. The molecule has 3 amide bonds. The molecular formula is C19H25N3O4. The molecule has 0 spiro atoms. The monoisotopic (exact) mass is 359 g/mol. The van der Waals surface area contributed by atoms with Crippen molar-refractivity contribution in [2.75, 3.05) is 18.4 Å². The van der Waals surface area contributed by atoms with Crippen molar-refractivity contribution in [2.45, 2.75) is 39.2 Å². The van der Waals surface area contributed by atoms with Crippen LogP contribution in [0.5, 0.6) is 0 Å². The molecule has 3 N–H and O–H groups in total. The fourth-order valence-electron chi connectivity index (χ4n) is 3.39. The van der Waals surface area contributed by atoms with E-state index < -0.39 is 11.4 Å². The summed E-state index contributed by atoms with van der Waals surface area (Å²) in [4.78, 5) is 38.0. The fourth-order valence-corrected chi connectivity index (χ4v) is 3.39. The van der Waals surface area contributed by atoms with Crippen LogP contribution >= 0.6 is 0 Å². The number of rotatable bonds is 5. The molecule has 1 saturated carbocycles. The SMILES string of the molecule is CC(C)C1(C(=O)O)CCN(C(=O)c2cccc(NC(=O)NC3CC3)c2)C1. The predicted octanol–water partition coefficient (Wildman–Crippen LogP) is 2.54. The van der Waals surface area contributed by atoms with Crippen LogP contribution in [0.3, 0.4) is 0 Å². The minimum absolute atomic E-state index is 0.0584. The standard InChI is InChI=1S/C19H25N3O4/c1-12(2)19(17(24)25)8-9-22(11-19)16(23)13-4-3-5-15(10-13)21-18(26)20-14-6-7-14/h3-5,10,12,14H,6-9,11H2,1-2H3,(H,24,25)(H2,20,21,26). The third kappa shape index (κ3) is 3.66. The van der Waals surface area contributed by atoms with Gasteiger partial charge in [-0.1, -0.05) is 19.9 Å². The van der Waals surface area contributed by atoms with Gasteiger partial charge in [0.2, 0.25) is 0 Å². The first-order valence-electron chi connectivity index (χ1n) is 9.02. The van der Waals surface area contributed by atoms with Crippen molar-refractivity contribution in [3.05, 3.63) is 29.8 Å². The van der Waals surface area contributed by atoms with E-state index >= 15 is 0 Å². The number of carbonyl (C=O) groups excluding carboxylic acids is 2. The van der Waals surface area contributed by atoms with Crippen LogP contribution in [0.4, 0.5) is 10.5 Å². The number of hydrogen-bond donors (Lipinski definition) is 3. The lowest BCUT2D eigenvalue weighted by molar-refractivity contribution is -0.150. The van der Waals surface area contributed by atoms with E-state index in [1.165, 1.54) is 0 Å². The molecule has 3 rings (SSSR count). The summed E-state index contributed by atoms with van der Waals surface area (Å²) in [5.41, 5.74) is 0.0936. The van der Waals surface area contributed by atoms with E-state index in [4.69, 9.17) is 0 Å². The number of carboxylic acids is 1. The highest BCUT2D eigenvalue weighted by Crippen LogP contribution is 2.38. The molecule has 7 nitrogen and oxygen atoms in total. The Hall–Kier alpha value is -2.57. The molecule has 140 valence electrons. The number of anilines is 1. The van der Waals surface area contributed by atoms with Crippen molar-refractivity contribution in [3.8, 4) is 0 Å². The van der Waals surface area contributed by atoms with Gasteiger partial charge in [-0.05, 0) is 43.4 Å². The van der Waals surface area contributed by atoms with Crippen molar-refractivity contribution in [2.24, 2.45) is 11.3 Å². The van der Waals surface area contributed by atoms with E-state index in [2.05, 4.69) is 10.6 Å². The third-order valence-corrected chi connectivity index (χ3v) is 5.40. The van der Waals surface area contributed by atoms with Crippen molar-refractivity contribution < 1.29 is 19.5 Å². The van der Waals surface area contributed by atoms with Gasteiger partial charge in [0.25, 0.3) is 5.91 Å². The van der Waals surface area contributed by atoms with E-state index in [1.807, 2.05) is 13.8 Å². The number of aliphatic carboxylic acids is 1. The second-order valence-corrected chi connectivity index (χ2v) is 7.55. The highest BCUT2D eigenvalue weighted by Gasteiger charge is 2.48. The number of hydrogen-bond acceptors (Lipinski definition) is 3. The summed E-state index contributed by atoms with van der Waals surface area (Å²) in [6.07, 6.45) is 2.46. The lowest BCUT2D eigenvalue weighted by Crippen LogP contribution is -2.40. The topological polar surface area (TPSA) is 98.7 Å². The molecule has 7 heteroatoms. The number of amides is 3. The molecule has 0 aromatic heterocycles. The van der Waals surface area contributed by atoms with Gasteiger partial charge in [0.15, 0.2) is 0 Å². The molecule has 1 atom stereocenters. The smallest absolute Gasteiger partial charge is 0.319 e. The minimum atomic E-state index is -0.893. The normalized spacial score (nSPS) is 22.3. The molecular weight excluding hydrogens is 334 g/mol. The van der Waals surface area contributed by atoms with Gasteiger partial charge < -0.3 is 20.6 Å². The van der Waals surface area contributed by atoms with Crippen molar-refractivity contribution in [1.29, 1.82) is 0 Å². The summed E-state index contributed by atoms with van der Waals surface area (Å²) in [5, 5.41) is 15.2. The first kappa shape index (κ1) is 18.2. The number of nitrogens with one attached hydrogen (secondary N) is 2. The summed E-state index contributed by atoms with van der Waals surface area (Å²) in [6, 6.07) is 6.73. The third-order valence-electron chi connectivity index (χ3n) is 5.40. The van der Waals surface area contributed by atoms with Crippen LogP contribution in [0.1, 0.15) is 43.5 Å². The van der Waals surface area contributed by atoms with Crippen LogP contribution in [-0.4, -0.2) is 47.0 Å². The first-order valence-corrected chi connectivity index (χ1v) is 9.02. The maximum absolute atomic E-state index is 12.8. The average Bonchev–Trinajstić information content (AvgIpc) is 3.27. The first-order chi connectivity index (χ1) is 12.3.